The third-order valence-electron chi connectivity index (χ3n) is 6.44. The van der Waals surface area contributed by atoms with Gasteiger partial charge in [-0.3, -0.25) is 43.4 Å². The van der Waals surface area contributed by atoms with Crippen molar-refractivity contribution in [3.05, 3.63) is 0 Å². The molecule has 18 heteroatoms. The van der Waals surface area contributed by atoms with Crippen LogP contribution in [0.25, 0.3) is 0 Å². The molecule has 0 aromatic carbocycles. The van der Waals surface area contributed by atoms with E-state index in [1.165, 1.54) is 42.1 Å². The molecule has 228 valence electrons. The average Bonchev–Trinajstić information content (AvgIpc) is 2.99. The van der Waals surface area contributed by atoms with Crippen LogP contribution in [0, 0.1) is 0 Å². The van der Waals surface area contributed by atoms with Gasteiger partial charge in [-0.1, -0.05) is 0 Å². The fourth-order valence-electron chi connectivity index (χ4n) is 3.58. The summed E-state index contributed by atoms with van der Waals surface area (Å²) in [7, 11) is -8.04. The van der Waals surface area contributed by atoms with Gasteiger partial charge in [0, 0.05) is 80.2 Å². The average molecular weight is 619 g/mol. The second kappa shape index (κ2) is 17.3. The molecule has 39 heavy (non-hydrogen) atoms. The third kappa shape index (κ3) is 13.2. The number of hydrogen-bond acceptors (Lipinski definition) is 12. The predicted octanol–water partition coefficient (Wildman–Crippen LogP) is 1.66. The van der Waals surface area contributed by atoms with Crippen LogP contribution >= 0.6 is 22.8 Å². The van der Waals surface area contributed by atoms with Gasteiger partial charge in [-0.15, -0.1) is 0 Å². The second-order valence-corrected chi connectivity index (χ2v) is 15.1. The molecule has 1 saturated heterocycles. The van der Waals surface area contributed by atoms with Gasteiger partial charge in [-0.2, -0.15) is 0 Å². The van der Waals surface area contributed by atoms with E-state index in [4.69, 9.17) is 0 Å². The van der Waals surface area contributed by atoms with Gasteiger partial charge in [0.05, 0.1) is 19.6 Å². The van der Waals surface area contributed by atoms with Gasteiger partial charge >= 0.3 is 22.8 Å². The van der Waals surface area contributed by atoms with Crippen LogP contribution in [0.5, 0.6) is 0 Å². The molecule has 0 saturated carbocycles. The highest BCUT2D eigenvalue weighted by molar-refractivity contribution is 7.71. The summed E-state index contributed by atoms with van der Waals surface area (Å²) in [6, 6.07) is 0. The molecular formula is C21H45N6O9P3. The summed E-state index contributed by atoms with van der Waals surface area (Å²) in [5.41, 5.74) is 0.190. The lowest BCUT2D eigenvalue weighted by Gasteiger charge is -2.25. The number of nitrogens with zero attached hydrogens (tertiary/aromatic N) is 6. The van der Waals surface area contributed by atoms with Crippen molar-refractivity contribution in [2.24, 2.45) is 15.0 Å². The van der Waals surface area contributed by atoms with Gasteiger partial charge in [0.1, 0.15) is 16.4 Å². The Kier molecular flexibility index (Phi) is 16.2. The van der Waals surface area contributed by atoms with E-state index in [9.17, 15) is 28.4 Å². The van der Waals surface area contributed by atoms with E-state index in [0.717, 1.165) is 39.3 Å². The lowest BCUT2D eigenvalue weighted by Crippen LogP contribution is -2.38. The monoisotopic (exact) mass is 618 g/mol. The summed E-state index contributed by atoms with van der Waals surface area (Å²) < 4.78 is 49.7. The van der Waals surface area contributed by atoms with E-state index in [2.05, 4.69) is 43.2 Å². The Morgan fingerprint density at radius 3 is 0.949 bits per heavy atom. The van der Waals surface area contributed by atoms with E-state index in [1.807, 2.05) is 0 Å². The molecule has 0 bridgehead atoms. The molecule has 0 amide bonds. The molecular weight excluding hydrogens is 573 g/mol. The summed E-state index contributed by atoms with van der Waals surface area (Å²) in [4.78, 5) is 48.6. The summed E-state index contributed by atoms with van der Waals surface area (Å²) in [5.74, 6) is 0. The van der Waals surface area contributed by atoms with Crippen LogP contribution in [0.3, 0.4) is 0 Å². The molecule has 1 fully saturated rings. The van der Waals surface area contributed by atoms with Gasteiger partial charge in [-0.25, -0.2) is 0 Å². The molecule has 3 N–H and O–H groups in total. The zero-order valence-corrected chi connectivity index (χ0v) is 26.5. The van der Waals surface area contributed by atoms with Gasteiger partial charge in [-0.05, 0) is 20.8 Å². The van der Waals surface area contributed by atoms with Crippen molar-refractivity contribution in [1.82, 2.24) is 14.7 Å². The zero-order chi connectivity index (χ0) is 29.7. The maximum absolute atomic E-state index is 11.9. The number of rotatable bonds is 15. The first-order valence-corrected chi connectivity index (χ1v) is 17.3. The fraction of sp³-hybridized carbons (Fsp3) is 0.857. The van der Waals surface area contributed by atoms with E-state index < -0.39 is 22.8 Å². The summed E-state index contributed by atoms with van der Waals surface area (Å²) in [6.07, 6.45) is 0. The van der Waals surface area contributed by atoms with Crippen molar-refractivity contribution in [2.75, 3.05) is 99.9 Å². The number of hydrogen-bond donors (Lipinski definition) is 3. The highest BCUT2D eigenvalue weighted by Crippen LogP contribution is 2.43. The van der Waals surface area contributed by atoms with E-state index >= 15 is 0 Å². The molecule has 0 aliphatic carbocycles. The Balaban J connectivity index is 2.91. The maximum Gasteiger partial charge on any atom is 0.371 e. The van der Waals surface area contributed by atoms with Crippen molar-refractivity contribution < 1.29 is 41.9 Å². The van der Waals surface area contributed by atoms with Crippen LogP contribution < -0.4 is 0 Å². The van der Waals surface area contributed by atoms with Crippen LogP contribution in [-0.2, 0) is 27.3 Å². The fourth-order valence-corrected chi connectivity index (χ4v) is 5.21. The summed E-state index contributed by atoms with van der Waals surface area (Å²) in [6.45, 7) is 11.5. The van der Waals surface area contributed by atoms with Crippen molar-refractivity contribution in [3.8, 4) is 0 Å². The van der Waals surface area contributed by atoms with Gasteiger partial charge in [0.2, 0.25) is 0 Å². The third-order valence-corrected chi connectivity index (χ3v) is 10.8. The Morgan fingerprint density at radius 1 is 0.564 bits per heavy atom. The molecule has 0 aromatic heterocycles. The Hall–Kier alpha value is -0.660. The zero-order valence-electron chi connectivity index (χ0n) is 23.8. The smallest absolute Gasteiger partial charge is 0.320 e. The first kappa shape index (κ1) is 36.4. The second-order valence-electron chi connectivity index (χ2n) is 8.92. The molecule has 0 radical (unpaired) electrons. The van der Waals surface area contributed by atoms with Crippen molar-refractivity contribution in [1.29, 1.82) is 0 Å². The van der Waals surface area contributed by atoms with Crippen molar-refractivity contribution >= 4 is 39.1 Å². The minimum Gasteiger partial charge on any atom is -0.320 e. The van der Waals surface area contributed by atoms with Gasteiger partial charge in [0.15, 0.2) is 0 Å². The Bertz CT molecular complexity index is 874. The quantitative estimate of drug-likeness (QED) is 0.178. The van der Waals surface area contributed by atoms with Gasteiger partial charge in [0.25, 0.3) is 0 Å². The van der Waals surface area contributed by atoms with Crippen LogP contribution in [0.1, 0.15) is 20.8 Å². The van der Waals surface area contributed by atoms with E-state index in [-0.39, 0.29) is 16.4 Å². The Morgan fingerprint density at radius 2 is 0.769 bits per heavy atom. The highest BCUT2D eigenvalue weighted by Gasteiger charge is 2.24. The summed E-state index contributed by atoms with van der Waals surface area (Å²) in [5, 5.41) is 0. The first-order chi connectivity index (χ1) is 18.2. The van der Waals surface area contributed by atoms with Crippen LogP contribution in [0.4, 0.5) is 0 Å². The van der Waals surface area contributed by atoms with Crippen LogP contribution in [0.15, 0.2) is 15.0 Å². The lowest BCUT2D eigenvalue weighted by molar-refractivity contribution is 0.226. The largest absolute Gasteiger partial charge is 0.371 e. The lowest BCUT2D eigenvalue weighted by atomic mass is 10.4. The molecule has 3 unspecified atom stereocenters. The van der Waals surface area contributed by atoms with Crippen LogP contribution in [-0.4, -0.2) is 146 Å². The standard InChI is InChI=1S/C21H45N6O9P3/c1-19(37(28,29)34-4)22-7-10-25-13-15-26(11-8-23-20(2)38(30,31)35-5)17-18-27(16-14-25)12-9-24-21(3)39(32,33)36-6/h7-18H2,1-6H3,(H,28,29)(H,30,31)(H,32,33). The van der Waals surface area contributed by atoms with Gasteiger partial charge < -0.3 is 28.3 Å². The highest BCUT2D eigenvalue weighted by atomic mass is 31.2. The number of aliphatic imine (C=N–C) groups is 3. The van der Waals surface area contributed by atoms with E-state index in [0.29, 0.717) is 39.3 Å². The molecule has 1 heterocycles. The molecule has 1 rings (SSSR count). The van der Waals surface area contributed by atoms with E-state index in [1.54, 1.807) is 0 Å². The normalized spacial score (nSPS) is 22.8. The first-order valence-electron chi connectivity index (χ1n) is 12.6. The minimum absolute atomic E-state index is 0.0634. The van der Waals surface area contributed by atoms with Crippen molar-refractivity contribution in [2.45, 2.75) is 20.8 Å². The molecule has 0 spiro atoms. The Labute approximate surface area is 231 Å². The van der Waals surface area contributed by atoms with Crippen molar-refractivity contribution in [3.63, 3.8) is 0 Å². The predicted molar refractivity (Wildman–Crippen MR) is 154 cm³/mol. The molecule has 1 aliphatic heterocycles. The topological polar surface area (TPSA) is 186 Å². The maximum atomic E-state index is 11.9. The molecule has 1 aliphatic rings. The minimum atomic E-state index is -3.85. The summed E-state index contributed by atoms with van der Waals surface area (Å²) >= 11 is 0. The molecule has 15 nitrogen and oxygen atoms in total. The molecule has 0 aromatic rings. The SMILES string of the molecule is COP(=O)(O)C(C)=NCCN1CCN(CCN=C(C)P(=O)(O)OC)CCN(CCN=C(C)P(=O)(O)OC)CC1. The molecule has 3 atom stereocenters. The van der Waals surface area contributed by atoms with Crippen LogP contribution in [0.2, 0.25) is 0 Å².